The van der Waals surface area contributed by atoms with E-state index in [1.807, 2.05) is 70.8 Å². The Morgan fingerprint density at radius 2 is 1.52 bits per heavy atom. The molecule has 33 heavy (non-hydrogen) atoms. The van der Waals surface area contributed by atoms with Crippen LogP contribution in [0.2, 0.25) is 0 Å². The molecule has 1 atom stereocenters. The van der Waals surface area contributed by atoms with Crippen molar-refractivity contribution in [1.29, 1.82) is 0 Å². The predicted octanol–water partition coefficient (Wildman–Crippen LogP) is 8.74. The Kier molecular flexibility index (Phi) is 13.7. The van der Waals surface area contributed by atoms with Crippen LogP contribution in [0, 0.1) is 5.92 Å². The second-order valence-electron chi connectivity index (χ2n) is 6.63. The Hall–Kier alpha value is -2.73. The van der Waals surface area contributed by atoms with Crippen LogP contribution in [0.3, 0.4) is 0 Å². The third-order valence-electron chi connectivity index (χ3n) is 5.01. The van der Waals surface area contributed by atoms with Crippen molar-refractivity contribution in [3.05, 3.63) is 66.7 Å². The number of hydrogen-bond donors (Lipinski definition) is 1. The normalized spacial score (nSPS) is 10.8. The van der Waals surface area contributed by atoms with Crippen molar-refractivity contribution < 1.29 is 0 Å². The molecule has 6 heteroatoms. The highest BCUT2D eigenvalue weighted by molar-refractivity contribution is 7.22. The Labute approximate surface area is 204 Å². The molecule has 0 saturated heterocycles. The van der Waals surface area contributed by atoms with E-state index in [2.05, 4.69) is 64.6 Å². The number of para-hydroxylation sites is 1. The van der Waals surface area contributed by atoms with Gasteiger partial charge in [0.2, 0.25) is 0 Å². The molecule has 1 unspecified atom stereocenters. The maximum absolute atomic E-state index is 4.65. The van der Waals surface area contributed by atoms with E-state index in [0.29, 0.717) is 5.92 Å². The Bertz CT molecular complexity index is 956. The SMILES string of the molecule is CC.CC.CC.CCC(CC)C(c1ccc(Nc2nc3ccccc3s2)cc1)n1cncn1. The second kappa shape index (κ2) is 16.0. The average Bonchev–Trinajstić information content (AvgIpc) is 3.56. The fourth-order valence-corrected chi connectivity index (χ4v) is 4.44. The van der Waals surface area contributed by atoms with E-state index in [1.165, 1.54) is 10.3 Å². The van der Waals surface area contributed by atoms with Crippen LogP contribution in [0.5, 0.6) is 0 Å². The lowest BCUT2D eigenvalue weighted by Gasteiger charge is -2.26. The predicted molar refractivity (Wildman–Crippen MR) is 146 cm³/mol. The van der Waals surface area contributed by atoms with Crippen LogP contribution in [-0.2, 0) is 0 Å². The summed E-state index contributed by atoms with van der Waals surface area (Å²) in [6.45, 7) is 16.5. The highest BCUT2D eigenvalue weighted by Crippen LogP contribution is 2.32. The fourth-order valence-electron chi connectivity index (χ4n) is 3.55. The van der Waals surface area contributed by atoms with Gasteiger partial charge in [-0.2, -0.15) is 5.10 Å². The van der Waals surface area contributed by atoms with Crippen molar-refractivity contribution >= 4 is 32.4 Å². The summed E-state index contributed by atoms with van der Waals surface area (Å²) in [5.74, 6) is 0.523. The van der Waals surface area contributed by atoms with E-state index in [0.717, 1.165) is 29.2 Å². The molecular formula is C27H41N5S. The number of anilines is 2. The minimum atomic E-state index is 0.207. The Morgan fingerprint density at radius 1 is 0.879 bits per heavy atom. The minimum Gasteiger partial charge on any atom is -0.332 e. The maximum Gasteiger partial charge on any atom is 0.188 e. The topological polar surface area (TPSA) is 55.6 Å². The van der Waals surface area contributed by atoms with E-state index >= 15 is 0 Å². The van der Waals surface area contributed by atoms with Gasteiger partial charge in [0.05, 0.1) is 16.3 Å². The number of rotatable bonds is 7. The molecule has 0 aliphatic heterocycles. The monoisotopic (exact) mass is 467 g/mol. The quantitative estimate of drug-likeness (QED) is 0.295. The zero-order chi connectivity index (χ0) is 24.6. The molecule has 0 bridgehead atoms. The summed E-state index contributed by atoms with van der Waals surface area (Å²) in [7, 11) is 0. The number of nitrogens with one attached hydrogen (secondary N) is 1. The van der Waals surface area contributed by atoms with Gasteiger partial charge in [-0.1, -0.05) is 104 Å². The van der Waals surface area contributed by atoms with Crippen LogP contribution in [-0.4, -0.2) is 19.7 Å². The molecule has 4 aromatic rings. The molecule has 0 aliphatic carbocycles. The summed E-state index contributed by atoms with van der Waals surface area (Å²) >= 11 is 1.67. The average molecular weight is 468 g/mol. The summed E-state index contributed by atoms with van der Waals surface area (Å²) in [6, 6.07) is 17.0. The van der Waals surface area contributed by atoms with Gasteiger partial charge in [0.25, 0.3) is 0 Å². The van der Waals surface area contributed by atoms with Gasteiger partial charge in [0.15, 0.2) is 5.13 Å². The highest BCUT2D eigenvalue weighted by atomic mass is 32.1. The van der Waals surface area contributed by atoms with Crippen molar-refractivity contribution in [3.63, 3.8) is 0 Å². The lowest BCUT2D eigenvalue weighted by Crippen LogP contribution is -2.20. The minimum absolute atomic E-state index is 0.207. The van der Waals surface area contributed by atoms with E-state index < -0.39 is 0 Å². The van der Waals surface area contributed by atoms with Gasteiger partial charge in [-0.3, -0.25) is 0 Å². The summed E-state index contributed by atoms with van der Waals surface area (Å²) in [6.07, 6.45) is 5.63. The molecule has 0 saturated carbocycles. The number of hydrogen-bond acceptors (Lipinski definition) is 5. The summed E-state index contributed by atoms with van der Waals surface area (Å²) < 4.78 is 3.17. The molecule has 0 amide bonds. The number of thiazole rings is 1. The standard InChI is InChI=1S/C21H23N5S.3C2H6/c1-3-15(4-2)20(26-14-22-13-23-26)16-9-11-17(12-10-16)24-21-25-18-7-5-6-8-19(18)27-21;3*1-2/h5-15,20H,3-4H2,1-2H3,(H,24,25);3*1-2H3. The van der Waals surface area contributed by atoms with E-state index in [1.54, 1.807) is 17.7 Å². The molecule has 2 aromatic carbocycles. The van der Waals surface area contributed by atoms with Gasteiger partial charge in [-0.05, 0) is 35.7 Å². The first-order chi connectivity index (χ1) is 16.3. The van der Waals surface area contributed by atoms with Gasteiger partial charge in [0.1, 0.15) is 12.7 Å². The number of fused-ring (bicyclic) bond motifs is 1. The number of nitrogens with zero attached hydrogens (tertiary/aromatic N) is 4. The molecule has 0 spiro atoms. The van der Waals surface area contributed by atoms with Gasteiger partial charge in [0, 0.05) is 5.69 Å². The fraction of sp³-hybridized carbons (Fsp3) is 0.444. The number of aromatic nitrogens is 4. The third kappa shape index (κ3) is 7.67. The molecule has 5 nitrogen and oxygen atoms in total. The van der Waals surface area contributed by atoms with Gasteiger partial charge < -0.3 is 5.32 Å². The molecule has 180 valence electrons. The van der Waals surface area contributed by atoms with Crippen LogP contribution in [0.1, 0.15) is 79.8 Å². The van der Waals surface area contributed by atoms with Gasteiger partial charge in [-0.15, -0.1) is 0 Å². The van der Waals surface area contributed by atoms with E-state index in [4.69, 9.17) is 0 Å². The summed E-state index contributed by atoms with van der Waals surface area (Å²) in [5.41, 5.74) is 3.32. The first-order valence-electron chi connectivity index (χ1n) is 12.3. The molecule has 0 radical (unpaired) electrons. The van der Waals surface area contributed by atoms with Crippen LogP contribution in [0.25, 0.3) is 10.2 Å². The lowest BCUT2D eigenvalue weighted by molar-refractivity contribution is 0.332. The molecule has 2 aromatic heterocycles. The van der Waals surface area contributed by atoms with Crippen molar-refractivity contribution in [1.82, 2.24) is 19.7 Å². The Morgan fingerprint density at radius 3 is 2.06 bits per heavy atom. The molecule has 2 heterocycles. The van der Waals surface area contributed by atoms with Crippen LogP contribution < -0.4 is 5.32 Å². The third-order valence-corrected chi connectivity index (χ3v) is 5.97. The van der Waals surface area contributed by atoms with Gasteiger partial charge in [-0.25, -0.2) is 14.6 Å². The molecule has 1 N–H and O–H groups in total. The molecule has 4 rings (SSSR count). The van der Waals surface area contributed by atoms with Crippen LogP contribution in [0.4, 0.5) is 10.8 Å². The number of benzene rings is 2. The van der Waals surface area contributed by atoms with Crippen LogP contribution in [0.15, 0.2) is 61.2 Å². The lowest BCUT2D eigenvalue weighted by atomic mass is 9.89. The first-order valence-corrected chi connectivity index (χ1v) is 13.2. The largest absolute Gasteiger partial charge is 0.332 e. The molecule has 0 aliphatic rings. The summed E-state index contributed by atoms with van der Waals surface area (Å²) in [5, 5.41) is 8.74. The van der Waals surface area contributed by atoms with E-state index in [-0.39, 0.29) is 6.04 Å². The van der Waals surface area contributed by atoms with Crippen molar-refractivity contribution in [3.8, 4) is 0 Å². The first kappa shape index (κ1) is 28.3. The molecule has 0 fully saturated rings. The highest BCUT2D eigenvalue weighted by Gasteiger charge is 2.23. The summed E-state index contributed by atoms with van der Waals surface area (Å²) in [4.78, 5) is 8.79. The molecular weight excluding hydrogens is 426 g/mol. The van der Waals surface area contributed by atoms with Gasteiger partial charge >= 0.3 is 0 Å². The van der Waals surface area contributed by atoms with Crippen molar-refractivity contribution in [2.24, 2.45) is 5.92 Å². The Balaban J connectivity index is 0.000000841. The zero-order valence-corrected chi connectivity index (χ0v) is 22.4. The second-order valence-corrected chi connectivity index (χ2v) is 7.66. The smallest absolute Gasteiger partial charge is 0.188 e. The van der Waals surface area contributed by atoms with E-state index in [9.17, 15) is 0 Å². The van der Waals surface area contributed by atoms with Crippen LogP contribution >= 0.6 is 11.3 Å². The zero-order valence-electron chi connectivity index (χ0n) is 21.5. The van der Waals surface area contributed by atoms with Crippen molar-refractivity contribution in [2.75, 3.05) is 5.32 Å². The van der Waals surface area contributed by atoms with Crippen molar-refractivity contribution in [2.45, 2.75) is 74.3 Å². The maximum atomic E-state index is 4.65.